The van der Waals surface area contributed by atoms with Crippen molar-refractivity contribution in [3.63, 3.8) is 0 Å². The molecule has 3 aromatic carbocycles. The zero-order valence-electron chi connectivity index (χ0n) is 14.3. The molecule has 27 heavy (non-hydrogen) atoms. The number of oxazole rings is 1. The highest BCUT2D eigenvalue weighted by molar-refractivity contribution is 14.1. The Kier molecular flexibility index (Phi) is 5.13. The molecule has 4 aromatic rings. The summed E-state index contributed by atoms with van der Waals surface area (Å²) in [6.07, 6.45) is 1.76. The highest BCUT2D eigenvalue weighted by Crippen LogP contribution is 2.28. The molecular formula is C21H14ClIN2O2. The van der Waals surface area contributed by atoms with Crippen LogP contribution in [0.4, 0.5) is 5.69 Å². The number of hydrogen-bond donors (Lipinski definition) is 0. The average molecular weight is 489 g/mol. The number of methoxy groups -OCH3 is 1. The van der Waals surface area contributed by atoms with Crippen LogP contribution in [-0.2, 0) is 0 Å². The lowest BCUT2D eigenvalue weighted by Crippen LogP contribution is -1.86. The molecule has 0 unspecified atom stereocenters. The van der Waals surface area contributed by atoms with Gasteiger partial charge in [-0.05, 0) is 82.8 Å². The van der Waals surface area contributed by atoms with E-state index in [-0.39, 0.29) is 0 Å². The SMILES string of the molecule is COc1ccc(C=Nc2ccc3oc(-c4cccc(I)c4)nc3c2)cc1Cl. The summed E-state index contributed by atoms with van der Waals surface area (Å²) < 4.78 is 12.2. The minimum absolute atomic E-state index is 0.551. The number of ether oxygens (including phenoxy) is 1. The predicted octanol–water partition coefficient (Wildman–Crippen LogP) is 6.51. The van der Waals surface area contributed by atoms with Gasteiger partial charge in [-0.25, -0.2) is 4.98 Å². The van der Waals surface area contributed by atoms with E-state index in [0.29, 0.717) is 16.7 Å². The van der Waals surface area contributed by atoms with Crippen LogP contribution in [0.15, 0.2) is 70.1 Å². The topological polar surface area (TPSA) is 47.6 Å². The van der Waals surface area contributed by atoms with Gasteiger partial charge in [0.2, 0.25) is 5.89 Å². The zero-order chi connectivity index (χ0) is 18.8. The molecule has 0 radical (unpaired) electrons. The Bertz CT molecular complexity index is 1150. The fourth-order valence-corrected chi connectivity index (χ4v) is 3.46. The molecule has 4 nitrogen and oxygen atoms in total. The quantitative estimate of drug-likeness (QED) is 0.243. The molecule has 134 valence electrons. The summed E-state index contributed by atoms with van der Waals surface area (Å²) in [5.41, 5.74) is 4.13. The minimum atomic E-state index is 0.551. The molecule has 6 heteroatoms. The molecule has 0 fully saturated rings. The second kappa shape index (κ2) is 7.70. The second-order valence-corrected chi connectivity index (χ2v) is 7.49. The molecule has 0 bridgehead atoms. The van der Waals surface area contributed by atoms with Crippen molar-refractivity contribution < 1.29 is 9.15 Å². The minimum Gasteiger partial charge on any atom is -0.495 e. The Morgan fingerprint density at radius 2 is 2.00 bits per heavy atom. The van der Waals surface area contributed by atoms with Crippen LogP contribution >= 0.6 is 34.2 Å². The fourth-order valence-electron chi connectivity index (χ4n) is 2.65. The fraction of sp³-hybridized carbons (Fsp3) is 0.0476. The van der Waals surface area contributed by atoms with E-state index in [4.69, 9.17) is 20.8 Å². The highest BCUT2D eigenvalue weighted by atomic mass is 127. The molecule has 0 atom stereocenters. The number of fused-ring (bicyclic) bond motifs is 1. The lowest BCUT2D eigenvalue weighted by Gasteiger charge is -2.02. The molecule has 1 heterocycles. The van der Waals surface area contributed by atoms with Gasteiger partial charge in [0, 0.05) is 15.3 Å². The summed E-state index contributed by atoms with van der Waals surface area (Å²) in [5.74, 6) is 1.24. The van der Waals surface area contributed by atoms with Crippen molar-refractivity contribution in [2.24, 2.45) is 4.99 Å². The maximum absolute atomic E-state index is 6.15. The molecule has 0 N–H and O–H groups in total. The van der Waals surface area contributed by atoms with Crippen LogP contribution in [0.1, 0.15) is 5.56 Å². The number of benzene rings is 3. The van der Waals surface area contributed by atoms with Crippen molar-refractivity contribution in [1.82, 2.24) is 4.98 Å². The van der Waals surface area contributed by atoms with Crippen LogP contribution in [0.25, 0.3) is 22.6 Å². The molecule has 0 aliphatic heterocycles. The summed E-state index contributed by atoms with van der Waals surface area (Å²) in [7, 11) is 1.59. The molecule has 4 rings (SSSR count). The second-order valence-electron chi connectivity index (χ2n) is 5.83. The van der Waals surface area contributed by atoms with Crippen molar-refractivity contribution >= 4 is 57.2 Å². The van der Waals surface area contributed by atoms with Gasteiger partial charge in [-0.3, -0.25) is 4.99 Å². The Hall–Kier alpha value is -2.38. The van der Waals surface area contributed by atoms with E-state index < -0.39 is 0 Å². The Morgan fingerprint density at radius 1 is 1.11 bits per heavy atom. The lowest BCUT2D eigenvalue weighted by molar-refractivity contribution is 0.415. The van der Waals surface area contributed by atoms with Crippen LogP contribution in [0.5, 0.6) is 5.75 Å². The third-order valence-electron chi connectivity index (χ3n) is 3.98. The first-order chi connectivity index (χ1) is 13.1. The Balaban J connectivity index is 1.62. The van der Waals surface area contributed by atoms with Crippen LogP contribution < -0.4 is 4.74 Å². The van der Waals surface area contributed by atoms with E-state index in [1.807, 2.05) is 60.7 Å². The molecule has 0 aliphatic rings. The van der Waals surface area contributed by atoms with Crippen molar-refractivity contribution in [2.75, 3.05) is 7.11 Å². The van der Waals surface area contributed by atoms with E-state index in [2.05, 4.69) is 32.6 Å². The van der Waals surface area contributed by atoms with Crippen LogP contribution in [0, 0.1) is 3.57 Å². The molecular weight excluding hydrogens is 475 g/mol. The maximum Gasteiger partial charge on any atom is 0.227 e. The van der Waals surface area contributed by atoms with E-state index in [9.17, 15) is 0 Å². The monoisotopic (exact) mass is 488 g/mol. The molecule has 0 amide bonds. The summed E-state index contributed by atoms with van der Waals surface area (Å²) in [6.45, 7) is 0. The molecule has 0 spiro atoms. The van der Waals surface area contributed by atoms with Gasteiger partial charge in [-0.1, -0.05) is 17.7 Å². The van der Waals surface area contributed by atoms with E-state index in [1.165, 1.54) is 0 Å². The van der Waals surface area contributed by atoms with Crippen molar-refractivity contribution in [3.8, 4) is 17.2 Å². The third-order valence-corrected chi connectivity index (χ3v) is 4.95. The molecule has 0 saturated heterocycles. The van der Waals surface area contributed by atoms with Gasteiger partial charge < -0.3 is 9.15 Å². The number of aromatic nitrogens is 1. The first-order valence-corrected chi connectivity index (χ1v) is 9.62. The van der Waals surface area contributed by atoms with Gasteiger partial charge in [0.05, 0.1) is 17.8 Å². The first-order valence-electron chi connectivity index (χ1n) is 8.16. The number of halogens is 2. The normalized spacial score (nSPS) is 11.4. The van der Waals surface area contributed by atoms with Crippen molar-refractivity contribution in [2.45, 2.75) is 0 Å². The molecule has 1 aromatic heterocycles. The van der Waals surface area contributed by atoms with Crippen LogP contribution in [0.2, 0.25) is 5.02 Å². The number of aliphatic imine (C=N–C) groups is 1. The van der Waals surface area contributed by atoms with Crippen molar-refractivity contribution in [1.29, 1.82) is 0 Å². The van der Waals surface area contributed by atoms with Crippen molar-refractivity contribution in [3.05, 3.63) is 74.8 Å². The number of hydrogen-bond acceptors (Lipinski definition) is 4. The van der Waals surface area contributed by atoms with Crippen LogP contribution in [0.3, 0.4) is 0 Å². The zero-order valence-corrected chi connectivity index (χ0v) is 17.2. The number of nitrogens with zero attached hydrogens (tertiary/aromatic N) is 2. The number of rotatable bonds is 4. The van der Waals surface area contributed by atoms with E-state index in [0.717, 1.165) is 31.5 Å². The summed E-state index contributed by atoms with van der Waals surface area (Å²) >= 11 is 8.43. The van der Waals surface area contributed by atoms with Gasteiger partial charge >= 0.3 is 0 Å². The third kappa shape index (κ3) is 3.99. The predicted molar refractivity (Wildman–Crippen MR) is 117 cm³/mol. The first kappa shape index (κ1) is 18.0. The van der Waals surface area contributed by atoms with Gasteiger partial charge in [-0.15, -0.1) is 0 Å². The highest BCUT2D eigenvalue weighted by Gasteiger charge is 2.09. The van der Waals surface area contributed by atoms with Gasteiger partial charge in [-0.2, -0.15) is 0 Å². The summed E-state index contributed by atoms with van der Waals surface area (Å²) in [5, 5.41) is 0.551. The van der Waals surface area contributed by atoms with E-state index >= 15 is 0 Å². The van der Waals surface area contributed by atoms with E-state index in [1.54, 1.807) is 13.3 Å². The smallest absolute Gasteiger partial charge is 0.227 e. The summed E-state index contributed by atoms with van der Waals surface area (Å²) in [6, 6.07) is 19.3. The largest absolute Gasteiger partial charge is 0.495 e. The van der Waals surface area contributed by atoms with Gasteiger partial charge in [0.1, 0.15) is 11.3 Å². The maximum atomic E-state index is 6.15. The van der Waals surface area contributed by atoms with Gasteiger partial charge in [0.15, 0.2) is 5.58 Å². The van der Waals surface area contributed by atoms with Crippen LogP contribution in [-0.4, -0.2) is 18.3 Å². The standard InChI is InChI=1S/C21H14ClIN2O2/c1-26-19-7-5-13(9-17(19)22)12-24-16-6-8-20-18(11-16)25-21(27-20)14-3-2-4-15(23)10-14/h2-12H,1H3. The molecule has 0 saturated carbocycles. The lowest BCUT2D eigenvalue weighted by atomic mass is 10.2. The Morgan fingerprint density at radius 3 is 2.78 bits per heavy atom. The van der Waals surface area contributed by atoms with Gasteiger partial charge in [0.25, 0.3) is 0 Å². The Labute approximate surface area is 175 Å². The molecule has 0 aliphatic carbocycles. The summed E-state index contributed by atoms with van der Waals surface area (Å²) in [4.78, 5) is 9.11. The average Bonchev–Trinajstić information content (AvgIpc) is 3.10.